The largest absolute Gasteiger partial charge is 0.493 e. The first-order valence-corrected chi connectivity index (χ1v) is 12.6. The van der Waals surface area contributed by atoms with E-state index in [1.54, 1.807) is 55.6 Å². The van der Waals surface area contributed by atoms with E-state index < -0.39 is 5.97 Å². The Morgan fingerprint density at radius 3 is 2.46 bits per heavy atom. The first-order chi connectivity index (χ1) is 17.7. The molecule has 4 rings (SSSR count). The smallest absolute Gasteiger partial charge is 0.335 e. The van der Waals surface area contributed by atoms with E-state index >= 15 is 0 Å². The number of carboxylic acids is 1. The quantitative estimate of drug-likeness (QED) is 0.300. The molecule has 0 radical (unpaired) electrons. The zero-order chi connectivity index (χ0) is 26.7. The monoisotopic (exact) mass is 576 g/mol. The molecule has 0 atom stereocenters. The maximum atomic E-state index is 12.8. The van der Waals surface area contributed by atoms with Crippen molar-refractivity contribution < 1.29 is 24.2 Å². The molecule has 3 aromatic carbocycles. The average molecular weight is 578 g/mol. The molecule has 1 saturated heterocycles. The fraction of sp³-hybridized carbons (Fsp3) is 0.115. The Morgan fingerprint density at radius 2 is 1.81 bits per heavy atom. The van der Waals surface area contributed by atoms with E-state index in [4.69, 9.17) is 49.4 Å². The zero-order valence-electron chi connectivity index (χ0n) is 19.5. The molecule has 0 saturated carbocycles. The minimum Gasteiger partial charge on any atom is -0.493 e. The van der Waals surface area contributed by atoms with Crippen LogP contribution in [0.4, 0.5) is 5.69 Å². The van der Waals surface area contributed by atoms with E-state index in [0.29, 0.717) is 47.9 Å². The van der Waals surface area contributed by atoms with Gasteiger partial charge in [0.05, 0.1) is 28.3 Å². The maximum Gasteiger partial charge on any atom is 0.335 e. The zero-order valence-corrected chi connectivity index (χ0v) is 22.6. The molecule has 0 spiro atoms. The van der Waals surface area contributed by atoms with Gasteiger partial charge >= 0.3 is 5.97 Å². The molecule has 1 aliphatic rings. The number of halogens is 3. The van der Waals surface area contributed by atoms with Crippen molar-refractivity contribution in [3.05, 3.63) is 91.3 Å². The molecule has 7 nitrogen and oxygen atoms in total. The summed E-state index contributed by atoms with van der Waals surface area (Å²) >= 11 is 19.9. The Hall–Kier alpha value is -3.17. The van der Waals surface area contributed by atoms with Crippen molar-refractivity contribution in [3.63, 3.8) is 0 Å². The summed E-state index contributed by atoms with van der Waals surface area (Å²) in [6.07, 6.45) is 1.69. The van der Waals surface area contributed by atoms with Crippen LogP contribution in [-0.4, -0.2) is 41.2 Å². The predicted molar refractivity (Wildman–Crippen MR) is 148 cm³/mol. The fourth-order valence-electron chi connectivity index (χ4n) is 3.34. The molecular formula is C26H19Cl3N2O5S. The van der Waals surface area contributed by atoms with Crippen LogP contribution in [0.1, 0.15) is 21.5 Å². The molecule has 1 aliphatic heterocycles. The molecule has 1 amide bonds. The molecule has 3 aromatic rings. The molecule has 11 heteroatoms. The van der Waals surface area contributed by atoms with Gasteiger partial charge in [0, 0.05) is 22.7 Å². The molecular weight excluding hydrogens is 559 g/mol. The molecule has 190 valence electrons. The van der Waals surface area contributed by atoms with Crippen LogP contribution in [-0.2, 0) is 11.4 Å². The van der Waals surface area contributed by atoms with Crippen molar-refractivity contribution in [3.8, 4) is 11.5 Å². The van der Waals surface area contributed by atoms with E-state index in [9.17, 15) is 9.59 Å². The predicted octanol–water partition coefficient (Wildman–Crippen LogP) is 7.17. The maximum absolute atomic E-state index is 12.8. The number of carboxylic acid groups (broad SMARTS) is 1. The van der Waals surface area contributed by atoms with Gasteiger partial charge < -0.3 is 14.6 Å². The van der Waals surface area contributed by atoms with Crippen LogP contribution < -0.4 is 9.47 Å². The van der Waals surface area contributed by atoms with Crippen LogP contribution >= 0.6 is 46.6 Å². The number of hydrogen-bond donors (Lipinski definition) is 1. The lowest BCUT2D eigenvalue weighted by atomic mass is 10.1. The van der Waals surface area contributed by atoms with Crippen molar-refractivity contribution in [2.45, 2.75) is 6.61 Å². The summed E-state index contributed by atoms with van der Waals surface area (Å²) in [6, 6.07) is 14.6. The molecule has 37 heavy (non-hydrogen) atoms. The Morgan fingerprint density at radius 1 is 1.08 bits per heavy atom. The highest BCUT2D eigenvalue weighted by Crippen LogP contribution is 2.40. The molecule has 1 N–H and O–H groups in total. The van der Waals surface area contributed by atoms with Crippen molar-refractivity contribution >= 4 is 75.4 Å². The number of carbonyl (C=O) groups is 2. The number of amidine groups is 1. The van der Waals surface area contributed by atoms with Crippen LogP contribution in [0.25, 0.3) is 6.08 Å². The summed E-state index contributed by atoms with van der Waals surface area (Å²) in [4.78, 5) is 30.2. The lowest BCUT2D eigenvalue weighted by molar-refractivity contribution is -0.121. The van der Waals surface area contributed by atoms with Crippen LogP contribution in [0.5, 0.6) is 11.5 Å². The van der Waals surface area contributed by atoms with Crippen molar-refractivity contribution in [2.75, 3.05) is 14.2 Å². The molecule has 1 heterocycles. The average Bonchev–Trinajstić information content (AvgIpc) is 3.12. The summed E-state index contributed by atoms with van der Waals surface area (Å²) in [5, 5.41) is 10.8. The molecule has 0 aromatic heterocycles. The summed E-state index contributed by atoms with van der Waals surface area (Å²) in [5.41, 5.74) is 2.05. The van der Waals surface area contributed by atoms with E-state index in [1.807, 2.05) is 0 Å². The fourth-order valence-corrected chi connectivity index (χ4v) is 5.07. The van der Waals surface area contributed by atoms with Crippen molar-refractivity contribution in [1.82, 2.24) is 4.90 Å². The molecule has 1 fully saturated rings. The number of hydrogen-bond acceptors (Lipinski definition) is 6. The molecule has 0 unspecified atom stereocenters. The van der Waals surface area contributed by atoms with Gasteiger partial charge in [0.25, 0.3) is 5.91 Å². The highest BCUT2D eigenvalue weighted by Gasteiger charge is 2.30. The van der Waals surface area contributed by atoms with Crippen LogP contribution in [0.3, 0.4) is 0 Å². The normalized spacial score (nSPS) is 15.5. The van der Waals surface area contributed by atoms with Gasteiger partial charge in [-0.05, 0) is 71.9 Å². The Kier molecular flexibility index (Phi) is 8.34. The number of amides is 1. The second-order valence-electron chi connectivity index (χ2n) is 7.78. The Balaban J connectivity index is 1.55. The van der Waals surface area contributed by atoms with Gasteiger partial charge in [0.15, 0.2) is 16.7 Å². The third-order valence-electron chi connectivity index (χ3n) is 5.28. The topological polar surface area (TPSA) is 88.4 Å². The third kappa shape index (κ3) is 6.22. The lowest BCUT2D eigenvalue weighted by Gasteiger charge is -2.14. The number of thioether (sulfide) groups is 1. The van der Waals surface area contributed by atoms with Crippen LogP contribution in [0.15, 0.2) is 64.5 Å². The summed E-state index contributed by atoms with van der Waals surface area (Å²) in [5.74, 6) is -0.530. The summed E-state index contributed by atoms with van der Waals surface area (Å²) < 4.78 is 11.4. The van der Waals surface area contributed by atoms with E-state index in [1.165, 1.54) is 35.9 Å². The number of ether oxygens (including phenoxy) is 2. The lowest BCUT2D eigenvalue weighted by Crippen LogP contribution is -2.23. The second-order valence-corrected chi connectivity index (χ2v) is 10.0. The van der Waals surface area contributed by atoms with E-state index in [0.717, 1.165) is 5.56 Å². The van der Waals surface area contributed by atoms with Crippen molar-refractivity contribution in [2.24, 2.45) is 4.99 Å². The van der Waals surface area contributed by atoms with Gasteiger partial charge in [-0.15, -0.1) is 0 Å². The SMILES string of the molecule is COc1cc(/C=C2\SC(=Nc3ccc(C(=O)O)cc3)N(C)C2=O)cc(Cl)c1OCc1ccc(Cl)cc1Cl. The van der Waals surface area contributed by atoms with Gasteiger partial charge in [-0.2, -0.15) is 0 Å². The standard InChI is InChI=1S/C26H19Cl3N2O5S/c1-31-24(32)22(37-26(31)30-18-7-4-15(5-8-18)25(33)34)11-14-9-20(29)23(21(10-14)35-2)36-13-16-3-6-17(27)12-19(16)28/h3-12H,13H2,1-2H3,(H,33,34)/b22-11-,30-26?. The van der Waals surface area contributed by atoms with Crippen molar-refractivity contribution in [1.29, 1.82) is 0 Å². The number of likely N-dealkylation sites (N-methyl/N-ethyl adjacent to an activating group) is 1. The number of rotatable bonds is 7. The van der Waals surface area contributed by atoms with E-state index in [-0.39, 0.29) is 18.1 Å². The first kappa shape index (κ1) is 26.9. The minimum absolute atomic E-state index is 0.152. The van der Waals surface area contributed by atoms with Crippen LogP contribution in [0.2, 0.25) is 15.1 Å². The molecule has 0 bridgehead atoms. The summed E-state index contributed by atoms with van der Waals surface area (Å²) in [7, 11) is 3.11. The number of nitrogens with zero attached hydrogens (tertiary/aromatic N) is 2. The highest BCUT2D eigenvalue weighted by molar-refractivity contribution is 8.18. The van der Waals surface area contributed by atoms with Gasteiger partial charge in [-0.1, -0.05) is 40.9 Å². The summed E-state index contributed by atoms with van der Waals surface area (Å²) in [6.45, 7) is 0.152. The molecule has 0 aliphatic carbocycles. The van der Waals surface area contributed by atoms with Gasteiger partial charge in [-0.3, -0.25) is 9.69 Å². The Bertz CT molecular complexity index is 1440. The number of methoxy groups -OCH3 is 1. The number of carbonyl (C=O) groups excluding carboxylic acids is 1. The first-order valence-electron chi connectivity index (χ1n) is 10.7. The third-order valence-corrected chi connectivity index (χ3v) is 7.21. The Labute approximate surface area is 232 Å². The van der Waals surface area contributed by atoms with Gasteiger partial charge in [-0.25, -0.2) is 9.79 Å². The highest BCUT2D eigenvalue weighted by atomic mass is 35.5. The minimum atomic E-state index is -1.02. The number of aliphatic imine (C=N–C) groups is 1. The van der Waals surface area contributed by atoms with E-state index in [2.05, 4.69) is 4.99 Å². The number of aromatic carboxylic acids is 1. The van der Waals surface area contributed by atoms with Crippen LogP contribution in [0, 0.1) is 0 Å². The number of benzene rings is 3. The van der Waals surface area contributed by atoms with Gasteiger partial charge in [0.1, 0.15) is 6.61 Å². The van der Waals surface area contributed by atoms with Gasteiger partial charge in [0.2, 0.25) is 0 Å². The second kappa shape index (κ2) is 11.5.